The van der Waals surface area contributed by atoms with E-state index in [0.717, 1.165) is 61.1 Å². The first kappa shape index (κ1) is 19.7. The first-order valence-corrected chi connectivity index (χ1v) is 11.2. The molecule has 2 unspecified atom stereocenters. The summed E-state index contributed by atoms with van der Waals surface area (Å²) in [7, 11) is 1.70. The van der Waals surface area contributed by atoms with Gasteiger partial charge in [-0.2, -0.15) is 15.4 Å². The minimum absolute atomic E-state index is 0.257. The van der Waals surface area contributed by atoms with E-state index in [1.165, 1.54) is 11.1 Å². The molecule has 4 heterocycles. The molecule has 2 aliphatic rings. The summed E-state index contributed by atoms with van der Waals surface area (Å²) in [6, 6.07) is 8.41. The second-order valence-electron chi connectivity index (χ2n) is 8.59. The lowest BCUT2D eigenvalue weighted by Crippen LogP contribution is -2.21. The lowest BCUT2D eigenvalue weighted by Gasteiger charge is -2.15. The molecule has 10 heteroatoms. The van der Waals surface area contributed by atoms with E-state index in [1.807, 2.05) is 18.3 Å². The van der Waals surface area contributed by atoms with Crippen LogP contribution in [0, 0.1) is 0 Å². The smallest absolute Gasteiger partial charge is 0.223 e. The zero-order chi connectivity index (χ0) is 22.2. The number of hydrogen-bond donors (Lipinski definition) is 3. The normalized spacial score (nSPS) is 19.6. The predicted octanol–water partition coefficient (Wildman–Crippen LogP) is 2.57. The van der Waals surface area contributed by atoms with Gasteiger partial charge in [0.1, 0.15) is 17.3 Å². The fourth-order valence-corrected chi connectivity index (χ4v) is 4.80. The molecule has 1 fully saturated rings. The standard InChI is InChI=1S/C23H25N9O/c1-33-18-3-2-14-8-17(9-16(14)10-18)27-23-24-6-4-19(28-23)22-25-12-21(29-22)32-7-5-15(13-32)20-11-26-31-30-20/h2-4,6,10-12,15,17H,5,7-9,13H2,1H3,(H,25,29)(H,24,27,28)(H,26,30,31). The summed E-state index contributed by atoms with van der Waals surface area (Å²) in [5, 5.41) is 14.4. The minimum atomic E-state index is 0.257. The van der Waals surface area contributed by atoms with Crippen LogP contribution in [0.2, 0.25) is 0 Å². The number of H-pyrrole nitrogens is 2. The van der Waals surface area contributed by atoms with Crippen LogP contribution in [0.1, 0.15) is 29.2 Å². The summed E-state index contributed by atoms with van der Waals surface area (Å²) in [4.78, 5) is 19.4. The summed E-state index contributed by atoms with van der Waals surface area (Å²) in [6.07, 6.45) is 8.36. The molecule has 3 aromatic heterocycles. The Morgan fingerprint density at radius 3 is 2.94 bits per heavy atom. The summed E-state index contributed by atoms with van der Waals surface area (Å²) >= 11 is 0. The number of nitrogens with one attached hydrogen (secondary N) is 3. The van der Waals surface area contributed by atoms with Crippen LogP contribution < -0.4 is 15.0 Å². The second kappa shape index (κ2) is 8.19. The third kappa shape index (κ3) is 3.88. The molecule has 0 spiro atoms. The Labute approximate surface area is 190 Å². The number of benzene rings is 1. The molecule has 10 nitrogen and oxygen atoms in total. The third-order valence-corrected chi connectivity index (χ3v) is 6.52. The Bertz CT molecular complexity index is 1250. The molecule has 1 aliphatic heterocycles. The van der Waals surface area contributed by atoms with Crippen LogP contribution in [-0.4, -0.2) is 61.6 Å². The molecular weight excluding hydrogens is 418 g/mol. The average Bonchev–Trinajstić information content (AvgIpc) is 3.64. The van der Waals surface area contributed by atoms with E-state index in [2.05, 4.69) is 52.7 Å². The van der Waals surface area contributed by atoms with E-state index in [-0.39, 0.29) is 6.04 Å². The zero-order valence-electron chi connectivity index (χ0n) is 18.3. The number of rotatable bonds is 6. The average molecular weight is 444 g/mol. The monoisotopic (exact) mass is 443 g/mol. The third-order valence-electron chi connectivity index (χ3n) is 6.52. The lowest BCUT2D eigenvalue weighted by atomic mass is 10.1. The van der Waals surface area contributed by atoms with Crippen LogP contribution in [-0.2, 0) is 12.8 Å². The fourth-order valence-electron chi connectivity index (χ4n) is 4.80. The maximum absolute atomic E-state index is 5.35. The summed E-state index contributed by atoms with van der Waals surface area (Å²) < 4.78 is 5.35. The second-order valence-corrected chi connectivity index (χ2v) is 8.59. The van der Waals surface area contributed by atoms with Crippen molar-refractivity contribution >= 4 is 11.8 Å². The van der Waals surface area contributed by atoms with Crippen LogP contribution in [0.15, 0.2) is 42.9 Å². The van der Waals surface area contributed by atoms with E-state index in [0.29, 0.717) is 11.9 Å². The van der Waals surface area contributed by atoms with Gasteiger partial charge in [0.25, 0.3) is 0 Å². The molecule has 0 amide bonds. The van der Waals surface area contributed by atoms with Gasteiger partial charge < -0.3 is 19.9 Å². The van der Waals surface area contributed by atoms with Gasteiger partial charge in [0.05, 0.1) is 25.2 Å². The first-order chi connectivity index (χ1) is 16.2. The van der Waals surface area contributed by atoms with Crippen LogP contribution >= 0.6 is 0 Å². The molecule has 3 N–H and O–H groups in total. The number of anilines is 2. The van der Waals surface area contributed by atoms with E-state index in [9.17, 15) is 0 Å². The summed E-state index contributed by atoms with van der Waals surface area (Å²) in [6.45, 7) is 1.83. The van der Waals surface area contributed by atoms with Gasteiger partial charge in [-0.3, -0.25) is 0 Å². The van der Waals surface area contributed by atoms with E-state index >= 15 is 0 Å². The molecule has 168 valence electrons. The van der Waals surface area contributed by atoms with Crippen molar-refractivity contribution in [3.05, 3.63) is 59.7 Å². The lowest BCUT2D eigenvalue weighted by molar-refractivity contribution is 0.414. The number of fused-ring (bicyclic) bond motifs is 1. The number of aromatic nitrogens is 7. The van der Waals surface area contributed by atoms with Crippen LogP contribution in [0.25, 0.3) is 11.5 Å². The van der Waals surface area contributed by atoms with Gasteiger partial charge in [-0.25, -0.2) is 15.0 Å². The Hall–Kier alpha value is -3.95. The molecule has 0 bridgehead atoms. The van der Waals surface area contributed by atoms with Gasteiger partial charge in [-0.05, 0) is 48.6 Å². The molecule has 6 rings (SSSR count). The Morgan fingerprint density at radius 2 is 2.06 bits per heavy atom. The van der Waals surface area contributed by atoms with E-state index in [4.69, 9.17) is 9.72 Å². The van der Waals surface area contributed by atoms with Gasteiger partial charge in [0.15, 0.2) is 5.82 Å². The van der Waals surface area contributed by atoms with Crippen LogP contribution in [0.4, 0.5) is 11.8 Å². The SMILES string of the molecule is COc1ccc2c(c1)CC(Nc1nccc(-c3ncc(N4CCC(c5cn[nH]n5)C4)[nH]3)n1)C2. The largest absolute Gasteiger partial charge is 0.497 e. The highest BCUT2D eigenvalue weighted by atomic mass is 16.5. The van der Waals surface area contributed by atoms with Gasteiger partial charge in [-0.15, -0.1) is 0 Å². The molecule has 0 radical (unpaired) electrons. The maximum Gasteiger partial charge on any atom is 0.223 e. The van der Waals surface area contributed by atoms with Crippen molar-refractivity contribution < 1.29 is 4.74 Å². The Balaban J connectivity index is 1.13. The topological polar surface area (TPSA) is 121 Å². The van der Waals surface area contributed by atoms with Crippen molar-refractivity contribution in [1.29, 1.82) is 0 Å². The quantitative estimate of drug-likeness (QED) is 0.416. The molecule has 0 saturated carbocycles. The molecule has 4 aromatic rings. The maximum atomic E-state index is 5.35. The van der Waals surface area contributed by atoms with Crippen molar-refractivity contribution in [2.45, 2.75) is 31.2 Å². The van der Waals surface area contributed by atoms with Crippen molar-refractivity contribution in [3.8, 4) is 17.3 Å². The summed E-state index contributed by atoms with van der Waals surface area (Å²) in [5.41, 5.74) is 4.43. The van der Waals surface area contributed by atoms with Gasteiger partial charge in [0.2, 0.25) is 5.95 Å². The molecular formula is C23H25N9O. The van der Waals surface area contributed by atoms with Gasteiger partial charge in [0, 0.05) is 31.2 Å². The van der Waals surface area contributed by atoms with Crippen molar-refractivity contribution in [2.24, 2.45) is 0 Å². The van der Waals surface area contributed by atoms with Crippen LogP contribution in [0.5, 0.6) is 5.75 Å². The van der Waals surface area contributed by atoms with Gasteiger partial charge in [-0.1, -0.05) is 6.07 Å². The minimum Gasteiger partial charge on any atom is -0.497 e. The highest BCUT2D eigenvalue weighted by Crippen LogP contribution is 2.30. The highest BCUT2D eigenvalue weighted by molar-refractivity contribution is 5.56. The fraction of sp³-hybridized carbons (Fsp3) is 0.348. The molecule has 1 aliphatic carbocycles. The number of nitrogens with zero attached hydrogens (tertiary/aromatic N) is 6. The Morgan fingerprint density at radius 1 is 1.12 bits per heavy atom. The predicted molar refractivity (Wildman–Crippen MR) is 123 cm³/mol. The molecule has 33 heavy (non-hydrogen) atoms. The number of aromatic amines is 2. The van der Waals surface area contributed by atoms with Crippen molar-refractivity contribution in [2.75, 3.05) is 30.4 Å². The number of ether oxygens (including phenoxy) is 1. The Kier molecular flexibility index (Phi) is 4.89. The van der Waals surface area contributed by atoms with E-state index in [1.54, 1.807) is 19.5 Å². The van der Waals surface area contributed by atoms with Crippen molar-refractivity contribution in [1.82, 2.24) is 35.3 Å². The molecule has 1 saturated heterocycles. The number of hydrogen-bond acceptors (Lipinski definition) is 8. The number of methoxy groups -OCH3 is 1. The number of imidazole rings is 1. The summed E-state index contributed by atoms with van der Waals surface area (Å²) in [5.74, 6) is 3.61. The van der Waals surface area contributed by atoms with Crippen LogP contribution in [0.3, 0.4) is 0 Å². The highest BCUT2D eigenvalue weighted by Gasteiger charge is 2.27. The molecule has 2 atom stereocenters. The van der Waals surface area contributed by atoms with Crippen molar-refractivity contribution in [3.63, 3.8) is 0 Å². The first-order valence-electron chi connectivity index (χ1n) is 11.2. The van der Waals surface area contributed by atoms with E-state index < -0.39 is 0 Å². The zero-order valence-corrected chi connectivity index (χ0v) is 18.3. The van der Waals surface area contributed by atoms with Gasteiger partial charge >= 0.3 is 0 Å². The molecule has 1 aromatic carbocycles.